The van der Waals surface area contributed by atoms with Crippen LogP contribution in [-0.2, 0) is 15.6 Å². The van der Waals surface area contributed by atoms with Crippen LogP contribution in [0.4, 0.5) is 4.39 Å². The summed E-state index contributed by atoms with van der Waals surface area (Å²) < 4.78 is 35.7. The number of nitrogens with zero attached hydrogens (tertiary/aromatic N) is 1. The van der Waals surface area contributed by atoms with Crippen molar-refractivity contribution in [2.75, 3.05) is 14.1 Å². The van der Waals surface area contributed by atoms with Gasteiger partial charge in [0.25, 0.3) is 9.05 Å². The molecular formula is C9H11ClFNO2S. The first-order chi connectivity index (χ1) is 6.82. The van der Waals surface area contributed by atoms with Crippen LogP contribution in [0, 0.1) is 5.82 Å². The molecule has 0 heterocycles. The van der Waals surface area contributed by atoms with E-state index < -0.39 is 14.9 Å². The first-order valence-electron chi connectivity index (χ1n) is 4.19. The van der Waals surface area contributed by atoms with E-state index >= 15 is 0 Å². The maximum atomic E-state index is 13.4. The van der Waals surface area contributed by atoms with Gasteiger partial charge in [-0.15, -0.1) is 0 Å². The maximum Gasteiger partial charge on any atom is 0.261 e. The Balaban J connectivity index is 3.33. The van der Waals surface area contributed by atoms with Crippen molar-refractivity contribution < 1.29 is 12.8 Å². The molecular weight excluding hydrogens is 241 g/mol. The molecule has 0 aliphatic heterocycles. The predicted molar refractivity (Wildman–Crippen MR) is 56.8 cm³/mol. The summed E-state index contributed by atoms with van der Waals surface area (Å²) in [4.78, 5) is 1.50. The molecule has 0 radical (unpaired) electrons. The van der Waals surface area contributed by atoms with Crippen LogP contribution < -0.4 is 0 Å². The van der Waals surface area contributed by atoms with Crippen LogP contribution in [0.15, 0.2) is 23.1 Å². The molecule has 84 valence electrons. The van der Waals surface area contributed by atoms with Crippen molar-refractivity contribution in [3.05, 3.63) is 29.6 Å². The number of hydrogen-bond acceptors (Lipinski definition) is 3. The molecule has 0 saturated heterocycles. The molecule has 0 spiro atoms. The molecule has 15 heavy (non-hydrogen) atoms. The van der Waals surface area contributed by atoms with E-state index in [2.05, 4.69) is 0 Å². The van der Waals surface area contributed by atoms with Gasteiger partial charge in [0.05, 0.1) is 4.90 Å². The Hall–Kier alpha value is -0.650. The number of halogens is 2. The summed E-state index contributed by atoms with van der Waals surface area (Å²) >= 11 is 0. The fraction of sp³-hybridized carbons (Fsp3) is 0.333. The van der Waals surface area contributed by atoms with Crippen LogP contribution in [-0.4, -0.2) is 27.4 Å². The summed E-state index contributed by atoms with van der Waals surface area (Å²) in [5.41, 5.74) is 0.0949. The highest BCUT2D eigenvalue weighted by molar-refractivity contribution is 8.13. The zero-order valence-electron chi connectivity index (χ0n) is 8.37. The van der Waals surface area contributed by atoms with Gasteiger partial charge in [0.1, 0.15) is 5.82 Å². The number of hydrogen-bond donors (Lipinski definition) is 0. The molecule has 0 N–H and O–H groups in total. The maximum absolute atomic E-state index is 13.4. The van der Waals surface area contributed by atoms with Gasteiger partial charge in [-0.1, -0.05) is 6.07 Å². The second-order valence-corrected chi connectivity index (χ2v) is 5.93. The lowest BCUT2D eigenvalue weighted by Crippen LogP contribution is -2.14. The van der Waals surface area contributed by atoms with Crippen LogP contribution in [0.5, 0.6) is 0 Å². The lowest BCUT2D eigenvalue weighted by Gasteiger charge is -2.13. The summed E-state index contributed by atoms with van der Waals surface area (Å²) in [7, 11) is 4.75. The Morgan fingerprint density at radius 3 is 2.47 bits per heavy atom. The topological polar surface area (TPSA) is 37.4 Å². The Morgan fingerprint density at radius 2 is 2.00 bits per heavy atom. The Kier molecular flexibility index (Phi) is 3.70. The molecule has 3 nitrogen and oxygen atoms in total. The zero-order chi connectivity index (χ0) is 11.6. The van der Waals surface area contributed by atoms with Crippen molar-refractivity contribution in [2.24, 2.45) is 0 Å². The van der Waals surface area contributed by atoms with Crippen LogP contribution in [0.3, 0.4) is 0 Å². The molecule has 0 aliphatic rings. The smallest absolute Gasteiger partial charge is 0.261 e. The highest BCUT2D eigenvalue weighted by Crippen LogP contribution is 2.23. The molecule has 6 heteroatoms. The minimum Gasteiger partial charge on any atom is -0.305 e. The fourth-order valence-corrected chi connectivity index (χ4v) is 2.37. The van der Waals surface area contributed by atoms with Gasteiger partial charge in [0.2, 0.25) is 0 Å². The van der Waals surface area contributed by atoms with Crippen molar-refractivity contribution in [1.29, 1.82) is 0 Å². The normalized spacial score (nSPS) is 12.1. The highest BCUT2D eigenvalue weighted by atomic mass is 35.7. The average Bonchev–Trinajstić information content (AvgIpc) is 2.05. The molecule has 0 fully saturated rings. The minimum atomic E-state index is -3.90. The molecule has 0 unspecified atom stereocenters. The molecule has 0 aromatic heterocycles. The van der Waals surface area contributed by atoms with Crippen LogP contribution in [0.25, 0.3) is 0 Å². The van der Waals surface area contributed by atoms with Gasteiger partial charge < -0.3 is 4.90 Å². The van der Waals surface area contributed by atoms with Gasteiger partial charge in [-0.3, -0.25) is 0 Å². The molecule has 0 amide bonds. The van der Waals surface area contributed by atoms with E-state index in [0.717, 1.165) is 0 Å². The van der Waals surface area contributed by atoms with Crippen molar-refractivity contribution in [2.45, 2.75) is 11.4 Å². The average molecular weight is 252 g/mol. The third kappa shape index (κ3) is 3.15. The monoisotopic (exact) mass is 251 g/mol. The summed E-state index contributed by atoms with van der Waals surface area (Å²) in [6.07, 6.45) is 0. The van der Waals surface area contributed by atoms with Gasteiger partial charge in [-0.2, -0.15) is 0 Å². The van der Waals surface area contributed by atoms with E-state index in [1.165, 1.54) is 18.2 Å². The van der Waals surface area contributed by atoms with Crippen LogP contribution in [0.2, 0.25) is 0 Å². The van der Waals surface area contributed by atoms with E-state index in [1.807, 2.05) is 0 Å². The van der Waals surface area contributed by atoms with E-state index in [1.54, 1.807) is 19.0 Å². The van der Waals surface area contributed by atoms with Crippen molar-refractivity contribution >= 4 is 19.7 Å². The third-order valence-electron chi connectivity index (χ3n) is 1.81. The Morgan fingerprint density at radius 1 is 1.40 bits per heavy atom. The number of rotatable bonds is 3. The van der Waals surface area contributed by atoms with Gasteiger partial charge in [0.15, 0.2) is 0 Å². The summed E-state index contributed by atoms with van der Waals surface area (Å²) in [5, 5.41) is 0. The lowest BCUT2D eigenvalue weighted by molar-refractivity contribution is 0.388. The largest absolute Gasteiger partial charge is 0.305 e. The quantitative estimate of drug-likeness (QED) is 0.769. The van der Waals surface area contributed by atoms with Gasteiger partial charge >= 0.3 is 0 Å². The second-order valence-electron chi connectivity index (χ2n) is 3.39. The van der Waals surface area contributed by atoms with Crippen molar-refractivity contribution in [3.8, 4) is 0 Å². The first kappa shape index (κ1) is 12.4. The van der Waals surface area contributed by atoms with E-state index in [9.17, 15) is 12.8 Å². The second kappa shape index (κ2) is 4.47. The molecule has 1 aromatic rings. The molecule has 1 rings (SSSR count). The third-order valence-corrected chi connectivity index (χ3v) is 3.22. The Labute approximate surface area is 92.9 Å². The standard InChI is InChI=1S/C9H11ClFNO2S/c1-12(2)6-7-8(11)4-3-5-9(7)15(10,13)14/h3-5H,6H2,1-2H3. The van der Waals surface area contributed by atoms with Crippen molar-refractivity contribution in [1.82, 2.24) is 4.90 Å². The molecule has 1 aromatic carbocycles. The van der Waals surface area contributed by atoms with E-state index in [4.69, 9.17) is 10.7 Å². The fourth-order valence-electron chi connectivity index (χ4n) is 1.24. The van der Waals surface area contributed by atoms with Crippen LogP contribution >= 0.6 is 10.7 Å². The van der Waals surface area contributed by atoms with Gasteiger partial charge in [-0.05, 0) is 26.2 Å². The van der Waals surface area contributed by atoms with Gasteiger partial charge in [0, 0.05) is 22.8 Å². The molecule has 0 aliphatic carbocycles. The van der Waals surface area contributed by atoms with Gasteiger partial charge in [-0.25, -0.2) is 12.8 Å². The molecule has 0 saturated carbocycles. The summed E-state index contributed by atoms with van der Waals surface area (Å²) in [5.74, 6) is -0.564. The minimum absolute atomic E-state index is 0.0949. The molecule has 0 bridgehead atoms. The Bertz CT molecular complexity index is 459. The van der Waals surface area contributed by atoms with Crippen LogP contribution in [0.1, 0.15) is 5.56 Å². The zero-order valence-corrected chi connectivity index (χ0v) is 9.94. The molecule has 0 atom stereocenters. The number of benzene rings is 1. The van der Waals surface area contributed by atoms with E-state index in [-0.39, 0.29) is 17.0 Å². The van der Waals surface area contributed by atoms with E-state index in [0.29, 0.717) is 0 Å². The SMILES string of the molecule is CN(C)Cc1c(F)cccc1S(=O)(=O)Cl. The summed E-state index contributed by atoms with van der Waals surface area (Å²) in [6, 6.07) is 3.83. The predicted octanol–water partition coefficient (Wildman–Crippen LogP) is 1.81. The first-order valence-corrected chi connectivity index (χ1v) is 6.50. The highest BCUT2D eigenvalue weighted by Gasteiger charge is 2.18. The summed E-state index contributed by atoms with van der Waals surface area (Å²) in [6.45, 7) is 0.188. The van der Waals surface area contributed by atoms with Crippen molar-refractivity contribution in [3.63, 3.8) is 0 Å². The lowest BCUT2D eigenvalue weighted by atomic mass is 10.2.